The lowest BCUT2D eigenvalue weighted by Crippen LogP contribution is -2.30. The number of ether oxygens (including phenoxy) is 3. The molecule has 3 aliphatic rings. The summed E-state index contributed by atoms with van der Waals surface area (Å²) in [6.45, 7) is 4.82. The minimum atomic E-state index is -0.310. The van der Waals surface area contributed by atoms with Crippen LogP contribution in [0.1, 0.15) is 49.3 Å². The highest BCUT2D eigenvalue weighted by Gasteiger charge is 2.25. The SMILES string of the molecule is CCOC1C=C(Cc2nc(N)nn2C2=NC(C)N=C(OCc3cc4c(cn3)CCC=C4)C2)C=CC1OC. The van der Waals surface area contributed by atoms with Crippen LogP contribution in [0.25, 0.3) is 6.08 Å². The molecule has 0 amide bonds. The third kappa shape index (κ3) is 5.86. The molecule has 2 aromatic heterocycles. The fourth-order valence-electron chi connectivity index (χ4n) is 4.71. The fourth-order valence-corrected chi connectivity index (χ4v) is 4.71. The van der Waals surface area contributed by atoms with Gasteiger partial charge < -0.3 is 19.9 Å². The topological polar surface area (TPSA) is 122 Å². The number of aliphatic imine (C=N–C) groups is 2. The minimum Gasteiger partial charge on any atom is -0.474 e. The normalized spacial score (nSPS) is 22.8. The molecule has 2 aliphatic carbocycles. The molecule has 2 N–H and O–H groups in total. The van der Waals surface area contributed by atoms with Crippen molar-refractivity contribution in [3.63, 3.8) is 0 Å². The van der Waals surface area contributed by atoms with E-state index in [2.05, 4.69) is 44.4 Å². The molecule has 2 aromatic rings. The molecule has 0 fully saturated rings. The van der Waals surface area contributed by atoms with E-state index in [-0.39, 0.29) is 24.3 Å². The number of aromatic nitrogens is 4. The Labute approximate surface area is 216 Å². The molecular weight excluding hydrogens is 470 g/mol. The number of methoxy groups -OCH3 is 1. The molecule has 3 heterocycles. The summed E-state index contributed by atoms with van der Waals surface area (Å²) < 4.78 is 19.2. The Morgan fingerprint density at radius 2 is 2.08 bits per heavy atom. The van der Waals surface area contributed by atoms with Crippen molar-refractivity contribution in [1.29, 1.82) is 0 Å². The van der Waals surface area contributed by atoms with Crippen LogP contribution >= 0.6 is 0 Å². The van der Waals surface area contributed by atoms with Gasteiger partial charge in [0.15, 0.2) is 5.90 Å². The molecule has 0 spiro atoms. The maximum atomic E-state index is 6.08. The first kappa shape index (κ1) is 25.0. The van der Waals surface area contributed by atoms with E-state index in [1.54, 1.807) is 11.8 Å². The smallest absolute Gasteiger partial charge is 0.240 e. The lowest BCUT2D eigenvalue weighted by Gasteiger charge is -2.25. The molecule has 0 radical (unpaired) electrons. The summed E-state index contributed by atoms with van der Waals surface area (Å²) in [5.74, 6) is 2.16. The van der Waals surface area contributed by atoms with Gasteiger partial charge in [0.25, 0.3) is 0 Å². The highest BCUT2D eigenvalue weighted by atomic mass is 16.5. The van der Waals surface area contributed by atoms with Crippen molar-refractivity contribution in [1.82, 2.24) is 19.7 Å². The van der Waals surface area contributed by atoms with E-state index in [0.29, 0.717) is 43.6 Å². The zero-order valence-electron chi connectivity index (χ0n) is 21.5. The Morgan fingerprint density at radius 1 is 1.19 bits per heavy atom. The van der Waals surface area contributed by atoms with Crippen LogP contribution in [0.5, 0.6) is 0 Å². The number of nitrogens with zero attached hydrogens (tertiary/aromatic N) is 6. The van der Waals surface area contributed by atoms with Gasteiger partial charge in [0, 0.05) is 26.3 Å². The monoisotopic (exact) mass is 503 g/mol. The number of rotatable bonds is 7. The van der Waals surface area contributed by atoms with E-state index in [1.165, 1.54) is 11.1 Å². The number of pyridine rings is 1. The third-order valence-corrected chi connectivity index (χ3v) is 6.45. The summed E-state index contributed by atoms with van der Waals surface area (Å²) in [5, 5.41) is 4.44. The predicted molar refractivity (Wildman–Crippen MR) is 142 cm³/mol. The largest absolute Gasteiger partial charge is 0.474 e. The van der Waals surface area contributed by atoms with E-state index in [9.17, 15) is 0 Å². The van der Waals surface area contributed by atoms with Crippen molar-refractivity contribution in [2.45, 2.75) is 64.5 Å². The van der Waals surface area contributed by atoms with E-state index >= 15 is 0 Å². The second kappa shape index (κ2) is 11.2. The van der Waals surface area contributed by atoms with Crippen molar-refractivity contribution in [3.8, 4) is 0 Å². The van der Waals surface area contributed by atoms with Gasteiger partial charge in [-0.15, -0.1) is 5.10 Å². The quantitative estimate of drug-likeness (QED) is 0.615. The van der Waals surface area contributed by atoms with Crippen molar-refractivity contribution >= 4 is 23.8 Å². The van der Waals surface area contributed by atoms with Gasteiger partial charge in [0.1, 0.15) is 36.6 Å². The van der Waals surface area contributed by atoms with Gasteiger partial charge in [-0.3, -0.25) is 4.98 Å². The summed E-state index contributed by atoms with van der Waals surface area (Å²) in [4.78, 5) is 18.3. The zero-order chi connectivity index (χ0) is 25.8. The molecule has 0 bridgehead atoms. The number of anilines is 1. The summed E-state index contributed by atoms with van der Waals surface area (Å²) in [6, 6.07) is 2.08. The number of nitrogens with two attached hydrogens (primary N) is 1. The van der Waals surface area contributed by atoms with Gasteiger partial charge in [0.05, 0.1) is 12.1 Å². The van der Waals surface area contributed by atoms with Crippen molar-refractivity contribution < 1.29 is 14.2 Å². The molecule has 0 saturated heterocycles. The van der Waals surface area contributed by atoms with Crippen molar-refractivity contribution in [3.05, 3.63) is 64.8 Å². The molecule has 37 heavy (non-hydrogen) atoms. The summed E-state index contributed by atoms with van der Waals surface area (Å²) in [5.41, 5.74) is 10.4. The highest BCUT2D eigenvalue weighted by Crippen LogP contribution is 2.22. The van der Waals surface area contributed by atoms with Gasteiger partial charge in [-0.05, 0) is 55.5 Å². The van der Waals surface area contributed by atoms with Gasteiger partial charge in [0.2, 0.25) is 5.95 Å². The lowest BCUT2D eigenvalue weighted by atomic mass is 9.99. The predicted octanol–water partition coefficient (Wildman–Crippen LogP) is 3.29. The van der Waals surface area contributed by atoms with Crippen LogP contribution in [0.3, 0.4) is 0 Å². The molecule has 0 aromatic carbocycles. The number of hydrogen-bond acceptors (Lipinski definition) is 9. The van der Waals surface area contributed by atoms with Crippen molar-refractivity contribution in [2.24, 2.45) is 9.98 Å². The van der Waals surface area contributed by atoms with E-state index in [1.807, 2.05) is 32.2 Å². The third-order valence-electron chi connectivity index (χ3n) is 6.45. The fraction of sp³-hybridized carbons (Fsp3) is 0.444. The molecule has 0 saturated carbocycles. The maximum Gasteiger partial charge on any atom is 0.240 e. The number of aryl methyl sites for hydroxylation is 1. The minimum absolute atomic E-state index is 0.119. The van der Waals surface area contributed by atoms with Crippen LogP contribution in [0.2, 0.25) is 0 Å². The first-order valence-corrected chi connectivity index (χ1v) is 12.7. The molecule has 5 rings (SSSR count). The average Bonchev–Trinajstić information content (AvgIpc) is 3.27. The number of fused-ring (bicyclic) bond motifs is 1. The molecule has 194 valence electrons. The van der Waals surface area contributed by atoms with Crippen LogP contribution < -0.4 is 5.73 Å². The zero-order valence-corrected chi connectivity index (χ0v) is 21.5. The Balaban J connectivity index is 1.29. The molecule has 3 unspecified atom stereocenters. The van der Waals surface area contributed by atoms with Crippen LogP contribution in [-0.2, 0) is 33.7 Å². The standard InChI is InChI=1S/C27H33N7O3/c1-4-36-23-11-18(9-10-22(23)35-3)12-24-32-27(28)33-34(24)25-14-26(31-17(2)30-25)37-16-21-13-19-7-5-6-8-20(19)15-29-21/h5,7,9-11,13,15,17,22-23H,4,6,8,12,14,16H2,1-3H3,(H2,28,33). The van der Waals surface area contributed by atoms with Crippen LogP contribution in [-0.4, -0.2) is 63.6 Å². The maximum absolute atomic E-state index is 6.08. The summed E-state index contributed by atoms with van der Waals surface area (Å²) in [7, 11) is 1.68. The second-order valence-electron chi connectivity index (χ2n) is 9.18. The Hall–Kier alpha value is -3.63. The first-order valence-electron chi connectivity index (χ1n) is 12.7. The van der Waals surface area contributed by atoms with Gasteiger partial charge in [-0.2, -0.15) is 4.98 Å². The summed E-state index contributed by atoms with van der Waals surface area (Å²) >= 11 is 0. The molecular formula is C27H33N7O3. The van der Waals surface area contributed by atoms with Gasteiger partial charge in [-0.25, -0.2) is 14.7 Å². The molecule has 1 aliphatic heterocycles. The van der Waals surface area contributed by atoms with Crippen molar-refractivity contribution in [2.75, 3.05) is 19.5 Å². The van der Waals surface area contributed by atoms with E-state index < -0.39 is 0 Å². The number of hydrogen-bond donors (Lipinski definition) is 1. The van der Waals surface area contributed by atoms with E-state index in [4.69, 9.17) is 24.9 Å². The molecule has 10 heteroatoms. The van der Waals surface area contributed by atoms with Crippen LogP contribution in [0.15, 0.2) is 52.1 Å². The van der Waals surface area contributed by atoms with Crippen LogP contribution in [0.4, 0.5) is 5.95 Å². The van der Waals surface area contributed by atoms with Gasteiger partial charge >= 0.3 is 0 Å². The average molecular weight is 504 g/mol. The Bertz CT molecular complexity index is 1290. The number of allylic oxidation sites excluding steroid dienone is 3. The van der Waals surface area contributed by atoms with Crippen LogP contribution in [0, 0.1) is 0 Å². The Morgan fingerprint density at radius 3 is 2.92 bits per heavy atom. The Kier molecular flexibility index (Phi) is 7.57. The molecule has 3 atom stereocenters. The molecule has 10 nitrogen and oxygen atoms in total. The number of nitrogen functional groups attached to an aromatic ring is 1. The lowest BCUT2D eigenvalue weighted by molar-refractivity contribution is -0.00623. The van der Waals surface area contributed by atoms with Gasteiger partial charge in [-0.1, -0.05) is 24.3 Å². The second-order valence-corrected chi connectivity index (χ2v) is 9.18. The van der Waals surface area contributed by atoms with E-state index in [0.717, 1.165) is 24.1 Å². The highest BCUT2D eigenvalue weighted by molar-refractivity contribution is 6.02. The first-order chi connectivity index (χ1) is 18.0. The summed E-state index contributed by atoms with van der Waals surface area (Å²) in [6.07, 6.45) is 14.8.